The number of nitrogens with zero attached hydrogens (tertiary/aromatic N) is 3. The first-order valence-electron chi connectivity index (χ1n) is 18.3. The van der Waals surface area contributed by atoms with Gasteiger partial charge in [-0.1, -0.05) is 121 Å². The van der Waals surface area contributed by atoms with Crippen LogP contribution in [0.15, 0.2) is 156 Å². The van der Waals surface area contributed by atoms with Crippen molar-refractivity contribution < 1.29 is 11.3 Å². The van der Waals surface area contributed by atoms with Crippen molar-refractivity contribution >= 4 is 87.0 Å². The van der Waals surface area contributed by atoms with Crippen LogP contribution >= 0.6 is 0 Å². The van der Waals surface area contributed by atoms with Crippen LogP contribution in [-0.2, 0) is 0 Å². The highest BCUT2D eigenvalue weighted by Crippen LogP contribution is 2.42. The Balaban J connectivity index is 1.35. The van der Waals surface area contributed by atoms with Crippen LogP contribution in [-0.4, -0.2) is 14.5 Å². The maximum atomic E-state index is 9.09. The maximum Gasteiger partial charge on any atom is 0.235 e. The molecule has 0 N–H and O–H groups in total. The normalized spacial score (nSPS) is 13.6. The van der Waals surface area contributed by atoms with Crippen LogP contribution in [0.25, 0.3) is 104 Å². The highest BCUT2D eigenvalue weighted by molar-refractivity contribution is 6.27. The fraction of sp³-hybridized carbons (Fsp3) is 0. The van der Waals surface area contributed by atoms with Crippen LogP contribution < -0.4 is 0 Å². The molecule has 0 spiro atoms. The molecule has 0 aliphatic carbocycles. The second kappa shape index (κ2) is 9.50. The summed E-state index contributed by atoms with van der Waals surface area (Å²) in [5.41, 5.74) is 4.25. The van der Waals surface area contributed by atoms with E-state index in [4.69, 9.17) is 21.2 Å². The predicted octanol–water partition coefficient (Wildman–Crippen LogP) is 11.8. The molecule has 4 nitrogen and oxygen atoms in total. The van der Waals surface area contributed by atoms with Gasteiger partial charge in [0.05, 0.1) is 29.1 Å². The summed E-state index contributed by atoms with van der Waals surface area (Å²) in [5, 5.41) is 10.3. The summed E-state index contributed by atoms with van der Waals surface area (Å²) in [6.07, 6.45) is 0. The number of fused-ring (bicyclic) bond motifs is 14. The number of furan rings is 1. The van der Waals surface area contributed by atoms with Crippen LogP contribution in [0.2, 0.25) is 0 Å². The Morgan fingerprint density at radius 2 is 1.21 bits per heavy atom. The molecule has 0 radical (unpaired) electrons. The number of hydrogen-bond donors (Lipinski definition) is 0. The minimum Gasteiger partial charge on any atom is -0.455 e. The Hall–Kier alpha value is -6.52. The van der Waals surface area contributed by atoms with Gasteiger partial charge >= 0.3 is 0 Å². The third-order valence-corrected chi connectivity index (χ3v) is 9.65. The zero-order valence-electron chi connectivity index (χ0n) is 30.3. The zero-order chi connectivity index (χ0) is 35.7. The van der Waals surface area contributed by atoms with E-state index < -0.39 is 18.1 Å². The van der Waals surface area contributed by atoms with Gasteiger partial charge in [-0.15, -0.1) is 0 Å². The molecule has 11 aromatic rings. The van der Waals surface area contributed by atoms with E-state index in [1.807, 2.05) is 83.4 Å². The van der Waals surface area contributed by atoms with Crippen molar-refractivity contribution in [3.63, 3.8) is 0 Å². The van der Waals surface area contributed by atoms with Gasteiger partial charge in [-0.3, -0.25) is 4.57 Å². The van der Waals surface area contributed by atoms with Gasteiger partial charge in [-0.2, -0.15) is 0 Å². The molecule has 4 heteroatoms. The minimum atomic E-state index is -0.455. The van der Waals surface area contributed by atoms with Crippen molar-refractivity contribution in [1.82, 2.24) is 14.5 Å². The lowest BCUT2D eigenvalue weighted by atomic mass is 9.94. The van der Waals surface area contributed by atoms with Gasteiger partial charge in [0, 0.05) is 43.3 Å². The van der Waals surface area contributed by atoms with Crippen molar-refractivity contribution in [2.75, 3.05) is 0 Å². The summed E-state index contributed by atoms with van der Waals surface area (Å²) in [4.78, 5) is 10.6. The molecule has 0 fully saturated rings. The molecule has 0 amide bonds. The summed E-state index contributed by atoms with van der Waals surface area (Å²) in [5.74, 6) is 0.321. The molecule has 0 unspecified atom stereocenters. The SMILES string of the molecule is [2H]c1c([2H])c([2H])c(-c2nc(-n3c4ccccc4c4cc5ccc6c7ccccc7oc6c5cc43)nc3c4ccccc4c4ccccc4c23)c([2H])c1[2H]. The summed E-state index contributed by atoms with van der Waals surface area (Å²) >= 11 is 0. The average molecular weight is 617 g/mol. The van der Waals surface area contributed by atoms with E-state index in [-0.39, 0.29) is 23.3 Å². The molecule has 0 aliphatic heterocycles. The van der Waals surface area contributed by atoms with E-state index in [1.165, 1.54) is 0 Å². The van der Waals surface area contributed by atoms with E-state index in [0.29, 0.717) is 16.9 Å². The van der Waals surface area contributed by atoms with Crippen LogP contribution in [0.1, 0.15) is 6.85 Å². The molecule has 8 aromatic carbocycles. The van der Waals surface area contributed by atoms with Crippen molar-refractivity contribution in [2.24, 2.45) is 0 Å². The number of aromatic nitrogens is 3. The van der Waals surface area contributed by atoms with Crippen molar-refractivity contribution in [2.45, 2.75) is 0 Å². The van der Waals surface area contributed by atoms with E-state index in [0.717, 1.165) is 76.1 Å². The smallest absolute Gasteiger partial charge is 0.235 e. The number of para-hydroxylation sites is 2. The fourth-order valence-electron chi connectivity index (χ4n) is 7.59. The second-order valence-electron chi connectivity index (χ2n) is 12.2. The van der Waals surface area contributed by atoms with Crippen LogP contribution in [0.3, 0.4) is 0 Å². The lowest BCUT2D eigenvalue weighted by Gasteiger charge is -2.16. The van der Waals surface area contributed by atoms with Crippen LogP contribution in [0.5, 0.6) is 0 Å². The number of hydrogen-bond acceptors (Lipinski definition) is 3. The third kappa shape index (κ3) is 3.43. The molecule has 0 saturated carbocycles. The molecular weight excluding hydrogens is 587 g/mol. The Kier molecular flexibility index (Phi) is 4.22. The lowest BCUT2D eigenvalue weighted by molar-refractivity contribution is 0.672. The van der Waals surface area contributed by atoms with Gasteiger partial charge in [-0.25, -0.2) is 9.97 Å². The Bertz CT molecular complexity index is 3390. The minimum absolute atomic E-state index is 0.0280. The number of benzene rings is 8. The van der Waals surface area contributed by atoms with Crippen LogP contribution in [0, 0.1) is 0 Å². The average Bonchev–Trinajstić information content (AvgIpc) is 3.74. The summed E-state index contributed by atoms with van der Waals surface area (Å²) in [6, 6.07) is 38.7. The first-order valence-corrected chi connectivity index (χ1v) is 15.8. The highest BCUT2D eigenvalue weighted by atomic mass is 16.3. The first kappa shape index (κ1) is 21.3. The van der Waals surface area contributed by atoms with E-state index in [2.05, 4.69) is 42.5 Å². The van der Waals surface area contributed by atoms with Crippen LogP contribution in [0.4, 0.5) is 0 Å². The molecule has 0 aliphatic rings. The van der Waals surface area contributed by atoms with E-state index in [9.17, 15) is 0 Å². The molecule has 11 rings (SSSR count). The van der Waals surface area contributed by atoms with Gasteiger partial charge in [-0.05, 0) is 51.9 Å². The van der Waals surface area contributed by atoms with Crippen molar-refractivity contribution in [3.8, 4) is 17.2 Å². The topological polar surface area (TPSA) is 43.9 Å². The summed E-state index contributed by atoms with van der Waals surface area (Å²) < 4.78 is 52.3. The van der Waals surface area contributed by atoms with E-state index >= 15 is 0 Å². The highest BCUT2D eigenvalue weighted by Gasteiger charge is 2.21. The van der Waals surface area contributed by atoms with Gasteiger partial charge < -0.3 is 4.42 Å². The standard InChI is InChI=1S/C44H25N3O/c1-2-12-26(13-3-1)41-40-32-18-6-4-14-28(32)29-15-5-7-19-33(29)42(40)46-44(45-41)47-37-20-10-8-16-30(37)36-24-27-22-23-34-31-17-9-11-21-39(31)48-43(34)35(27)25-38(36)47/h1-25H/i1D,2D,3D,12D,13D. The Morgan fingerprint density at radius 3 is 2.04 bits per heavy atom. The zero-order valence-corrected chi connectivity index (χ0v) is 25.3. The summed E-state index contributed by atoms with van der Waals surface area (Å²) in [7, 11) is 0. The molecule has 0 bridgehead atoms. The third-order valence-electron chi connectivity index (χ3n) is 9.65. The second-order valence-corrected chi connectivity index (χ2v) is 12.2. The van der Waals surface area contributed by atoms with Gasteiger partial charge in [0.1, 0.15) is 11.2 Å². The van der Waals surface area contributed by atoms with Crippen molar-refractivity contribution in [1.29, 1.82) is 0 Å². The van der Waals surface area contributed by atoms with E-state index in [1.54, 1.807) is 0 Å². The van der Waals surface area contributed by atoms with Gasteiger partial charge in [0.15, 0.2) is 0 Å². The fourth-order valence-corrected chi connectivity index (χ4v) is 7.59. The molecule has 0 saturated heterocycles. The molecule has 222 valence electrons. The maximum absolute atomic E-state index is 9.09. The monoisotopic (exact) mass is 616 g/mol. The Morgan fingerprint density at radius 1 is 0.521 bits per heavy atom. The molecule has 3 heterocycles. The molecule has 3 aromatic heterocycles. The molecule has 48 heavy (non-hydrogen) atoms. The Labute approximate surface area is 281 Å². The lowest BCUT2D eigenvalue weighted by Crippen LogP contribution is -2.04. The first-order chi connectivity index (χ1) is 25.9. The van der Waals surface area contributed by atoms with Gasteiger partial charge in [0.2, 0.25) is 5.95 Å². The molecular formula is C44H25N3O. The largest absolute Gasteiger partial charge is 0.455 e. The summed E-state index contributed by atoms with van der Waals surface area (Å²) in [6.45, 7) is 0. The molecule has 0 atom stereocenters. The number of rotatable bonds is 2. The quantitative estimate of drug-likeness (QED) is 0.182. The predicted molar refractivity (Wildman–Crippen MR) is 199 cm³/mol. The van der Waals surface area contributed by atoms with Crippen molar-refractivity contribution in [3.05, 3.63) is 152 Å². The van der Waals surface area contributed by atoms with Gasteiger partial charge in [0.25, 0.3) is 0 Å².